The Bertz CT molecular complexity index is 446. The molecule has 0 saturated carbocycles. The summed E-state index contributed by atoms with van der Waals surface area (Å²) in [5, 5.41) is 11.5. The van der Waals surface area contributed by atoms with Crippen LogP contribution in [0.3, 0.4) is 0 Å². The number of pyridine rings is 1. The van der Waals surface area contributed by atoms with Gasteiger partial charge in [-0.25, -0.2) is 4.98 Å². The van der Waals surface area contributed by atoms with Crippen molar-refractivity contribution >= 4 is 17.7 Å². The summed E-state index contributed by atoms with van der Waals surface area (Å²) in [5.41, 5.74) is 6.44. The van der Waals surface area contributed by atoms with Crippen LogP contribution in [0.1, 0.15) is 35.2 Å². The van der Waals surface area contributed by atoms with Crippen molar-refractivity contribution in [3.05, 3.63) is 23.4 Å². The average Bonchev–Trinajstić information content (AvgIpc) is 2.27. The number of hydrogen-bond donors (Lipinski definition) is 3. The second-order valence-electron chi connectivity index (χ2n) is 3.99. The van der Waals surface area contributed by atoms with Crippen molar-refractivity contribution in [2.75, 3.05) is 11.9 Å². The SMILES string of the molecule is Cc1ccnc(NCCCCC(=O)O)c1C(N)=O. The number of carboxylic acids is 1. The zero-order chi connectivity index (χ0) is 13.5. The summed E-state index contributed by atoms with van der Waals surface area (Å²) in [6.07, 6.45) is 3.02. The second-order valence-corrected chi connectivity index (χ2v) is 3.99. The van der Waals surface area contributed by atoms with Gasteiger partial charge in [-0.05, 0) is 31.4 Å². The van der Waals surface area contributed by atoms with Gasteiger partial charge in [-0.3, -0.25) is 9.59 Å². The number of aliphatic carboxylic acids is 1. The molecule has 0 unspecified atom stereocenters. The molecule has 1 aromatic rings. The highest BCUT2D eigenvalue weighted by Gasteiger charge is 2.11. The van der Waals surface area contributed by atoms with Crippen LogP contribution in [0, 0.1) is 6.92 Å². The number of carbonyl (C=O) groups excluding carboxylic acids is 1. The Hall–Kier alpha value is -2.11. The van der Waals surface area contributed by atoms with Gasteiger partial charge >= 0.3 is 5.97 Å². The molecular formula is C12H17N3O3. The molecule has 18 heavy (non-hydrogen) atoms. The summed E-state index contributed by atoms with van der Waals surface area (Å²) in [7, 11) is 0. The van der Waals surface area contributed by atoms with E-state index in [9.17, 15) is 9.59 Å². The Kier molecular flexibility index (Phi) is 5.10. The minimum absolute atomic E-state index is 0.144. The van der Waals surface area contributed by atoms with Crippen LogP contribution in [0.2, 0.25) is 0 Å². The topological polar surface area (TPSA) is 105 Å². The second kappa shape index (κ2) is 6.58. The average molecular weight is 251 g/mol. The van der Waals surface area contributed by atoms with Gasteiger partial charge in [-0.1, -0.05) is 0 Å². The molecule has 0 atom stereocenters. The first-order valence-corrected chi connectivity index (χ1v) is 5.73. The third-order valence-corrected chi connectivity index (χ3v) is 2.52. The van der Waals surface area contributed by atoms with Gasteiger partial charge in [0, 0.05) is 19.2 Å². The van der Waals surface area contributed by atoms with E-state index in [4.69, 9.17) is 10.8 Å². The number of nitrogens with one attached hydrogen (secondary N) is 1. The number of carbonyl (C=O) groups is 2. The maximum atomic E-state index is 11.3. The minimum Gasteiger partial charge on any atom is -0.481 e. The fraction of sp³-hybridized carbons (Fsp3) is 0.417. The molecule has 0 saturated heterocycles. The van der Waals surface area contributed by atoms with E-state index in [0.717, 1.165) is 5.56 Å². The number of amides is 1. The maximum Gasteiger partial charge on any atom is 0.303 e. The molecule has 1 rings (SSSR count). The van der Waals surface area contributed by atoms with Crippen molar-refractivity contribution in [3.8, 4) is 0 Å². The van der Waals surface area contributed by atoms with E-state index in [0.29, 0.717) is 30.8 Å². The molecule has 98 valence electrons. The normalized spacial score (nSPS) is 10.1. The number of aromatic nitrogens is 1. The fourth-order valence-corrected chi connectivity index (χ4v) is 1.61. The molecule has 0 aliphatic rings. The Morgan fingerprint density at radius 1 is 1.44 bits per heavy atom. The predicted molar refractivity (Wildman–Crippen MR) is 67.5 cm³/mol. The number of primary amides is 1. The highest BCUT2D eigenvalue weighted by atomic mass is 16.4. The van der Waals surface area contributed by atoms with Gasteiger partial charge in [0.1, 0.15) is 5.82 Å². The predicted octanol–water partition coefficient (Wildman–Crippen LogP) is 1.16. The summed E-state index contributed by atoms with van der Waals surface area (Å²) in [6, 6.07) is 1.72. The van der Waals surface area contributed by atoms with E-state index in [-0.39, 0.29) is 6.42 Å². The molecule has 0 bridgehead atoms. The Labute approximate surface area is 105 Å². The van der Waals surface area contributed by atoms with Crippen LogP contribution in [0.25, 0.3) is 0 Å². The van der Waals surface area contributed by atoms with E-state index < -0.39 is 11.9 Å². The number of anilines is 1. The van der Waals surface area contributed by atoms with Crippen LogP contribution in [-0.2, 0) is 4.79 Å². The molecule has 0 aliphatic heterocycles. The Balaban J connectivity index is 2.54. The third-order valence-electron chi connectivity index (χ3n) is 2.52. The van der Waals surface area contributed by atoms with Gasteiger partial charge < -0.3 is 16.2 Å². The van der Waals surface area contributed by atoms with Crippen molar-refractivity contribution in [1.29, 1.82) is 0 Å². The number of rotatable bonds is 7. The molecule has 1 aromatic heterocycles. The lowest BCUT2D eigenvalue weighted by Gasteiger charge is -2.10. The summed E-state index contributed by atoms with van der Waals surface area (Å²) in [6.45, 7) is 2.35. The number of hydrogen-bond acceptors (Lipinski definition) is 4. The van der Waals surface area contributed by atoms with E-state index in [1.165, 1.54) is 0 Å². The van der Waals surface area contributed by atoms with Crippen molar-refractivity contribution in [1.82, 2.24) is 4.98 Å². The quantitative estimate of drug-likeness (QED) is 0.630. The van der Waals surface area contributed by atoms with Crippen LogP contribution in [-0.4, -0.2) is 28.5 Å². The molecule has 0 aromatic carbocycles. The first-order chi connectivity index (χ1) is 8.52. The highest BCUT2D eigenvalue weighted by Crippen LogP contribution is 2.15. The molecule has 0 spiro atoms. The Morgan fingerprint density at radius 3 is 2.78 bits per heavy atom. The van der Waals surface area contributed by atoms with Crippen LogP contribution >= 0.6 is 0 Å². The minimum atomic E-state index is -0.804. The van der Waals surface area contributed by atoms with Gasteiger partial charge in [-0.15, -0.1) is 0 Å². The first-order valence-electron chi connectivity index (χ1n) is 5.73. The van der Waals surface area contributed by atoms with Crippen LogP contribution < -0.4 is 11.1 Å². The van der Waals surface area contributed by atoms with Crippen molar-refractivity contribution in [3.63, 3.8) is 0 Å². The zero-order valence-corrected chi connectivity index (χ0v) is 10.3. The summed E-state index contributed by atoms with van der Waals surface area (Å²) in [4.78, 5) is 25.7. The fourth-order valence-electron chi connectivity index (χ4n) is 1.61. The van der Waals surface area contributed by atoms with E-state index >= 15 is 0 Å². The summed E-state index contributed by atoms with van der Waals surface area (Å²) < 4.78 is 0. The van der Waals surface area contributed by atoms with E-state index in [1.54, 1.807) is 19.2 Å². The van der Waals surface area contributed by atoms with Gasteiger partial charge in [0.2, 0.25) is 0 Å². The first kappa shape index (κ1) is 14.0. The molecule has 0 radical (unpaired) electrons. The van der Waals surface area contributed by atoms with Gasteiger partial charge in [-0.2, -0.15) is 0 Å². The molecule has 6 nitrogen and oxygen atoms in total. The maximum absolute atomic E-state index is 11.3. The van der Waals surface area contributed by atoms with Gasteiger partial charge in [0.25, 0.3) is 5.91 Å². The highest BCUT2D eigenvalue weighted by molar-refractivity contribution is 5.98. The molecule has 0 fully saturated rings. The van der Waals surface area contributed by atoms with E-state index in [1.807, 2.05) is 0 Å². The van der Waals surface area contributed by atoms with Crippen LogP contribution in [0.4, 0.5) is 5.82 Å². The summed E-state index contributed by atoms with van der Waals surface area (Å²) >= 11 is 0. The number of aryl methyl sites for hydroxylation is 1. The number of nitrogens with zero attached hydrogens (tertiary/aromatic N) is 1. The molecular weight excluding hydrogens is 234 g/mol. The number of unbranched alkanes of at least 4 members (excludes halogenated alkanes) is 1. The molecule has 1 amide bonds. The largest absolute Gasteiger partial charge is 0.481 e. The van der Waals surface area contributed by atoms with Crippen molar-refractivity contribution < 1.29 is 14.7 Å². The Morgan fingerprint density at radius 2 is 2.17 bits per heavy atom. The molecule has 0 aliphatic carbocycles. The molecule has 1 heterocycles. The lowest BCUT2D eigenvalue weighted by Crippen LogP contribution is -2.17. The van der Waals surface area contributed by atoms with Crippen molar-refractivity contribution in [2.24, 2.45) is 5.73 Å². The number of nitrogens with two attached hydrogens (primary N) is 1. The molecule has 4 N–H and O–H groups in total. The number of carboxylic acid groups (broad SMARTS) is 1. The molecule has 6 heteroatoms. The zero-order valence-electron chi connectivity index (χ0n) is 10.3. The van der Waals surface area contributed by atoms with Crippen molar-refractivity contribution in [2.45, 2.75) is 26.2 Å². The van der Waals surface area contributed by atoms with Crippen LogP contribution in [0.5, 0.6) is 0 Å². The lowest BCUT2D eigenvalue weighted by atomic mass is 10.1. The smallest absolute Gasteiger partial charge is 0.303 e. The third kappa shape index (κ3) is 4.04. The van der Waals surface area contributed by atoms with Gasteiger partial charge in [0.05, 0.1) is 5.56 Å². The monoisotopic (exact) mass is 251 g/mol. The lowest BCUT2D eigenvalue weighted by molar-refractivity contribution is -0.137. The standard InChI is InChI=1S/C12H17N3O3/c1-8-5-7-15-12(10(8)11(13)18)14-6-3-2-4-9(16)17/h5,7H,2-4,6H2,1H3,(H2,13,18)(H,14,15)(H,16,17). The van der Waals surface area contributed by atoms with Crippen LogP contribution in [0.15, 0.2) is 12.3 Å². The van der Waals surface area contributed by atoms with E-state index in [2.05, 4.69) is 10.3 Å². The van der Waals surface area contributed by atoms with Gasteiger partial charge in [0.15, 0.2) is 0 Å². The summed E-state index contributed by atoms with van der Waals surface area (Å²) in [5.74, 6) is -0.868.